The van der Waals surface area contributed by atoms with Gasteiger partial charge in [-0.15, -0.1) is 0 Å². The van der Waals surface area contributed by atoms with Gasteiger partial charge < -0.3 is 19.9 Å². The Hall–Kier alpha value is -1.83. The first kappa shape index (κ1) is 18.0. The molecule has 0 unspecified atom stereocenters. The molecule has 3 rings (SSSR count). The van der Waals surface area contributed by atoms with Gasteiger partial charge in [0.2, 0.25) is 5.91 Å². The topological polar surface area (TPSA) is 68.2 Å². The van der Waals surface area contributed by atoms with Crippen molar-refractivity contribution in [2.75, 3.05) is 32.1 Å². The number of anilines is 1. The number of benzene rings is 1. The lowest BCUT2D eigenvalue weighted by Crippen LogP contribution is -2.47. The molecule has 1 aromatic carbocycles. The molecule has 0 aliphatic carbocycles. The predicted octanol–water partition coefficient (Wildman–Crippen LogP) is 2.53. The summed E-state index contributed by atoms with van der Waals surface area (Å²) in [5.41, 5.74) is 0.364. The second-order valence-electron chi connectivity index (χ2n) is 6.36. The maximum Gasteiger partial charge on any atom is 0.233 e. The fourth-order valence-corrected chi connectivity index (χ4v) is 3.85. The van der Waals surface area contributed by atoms with Crippen molar-refractivity contribution >= 4 is 23.4 Å². The lowest BCUT2D eigenvalue weighted by Gasteiger charge is -2.35. The lowest BCUT2D eigenvalue weighted by atomic mass is 9.78. The van der Waals surface area contributed by atoms with E-state index in [9.17, 15) is 4.79 Å². The Bertz CT molecular complexity index is 703. The maximum atomic E-state index is 12.8. The molecule has 1 fully saturated rings. The standard InChI is InChI=1S/C18H24N4O2S/c1-22-12-11-20-17(22)25-15-5-3-14(4-6-15)21-16(23)18(13-24-2)7-9-19-10-8-18/h3-6,11-12,19H,7-10,13H2,1-2H3,(H,21,23). The first-order valence-electron chi connectivity index (χ1n) is 8.39. The fourth-order valence-electron chi connectivity index (χ4n) is 3.04. The summed E-state index contributed by atoms with van der Waals surface area (Å²) < 4.78 is 7.31. The van der Waals surface area contributed by atoms with E-state index in [4.69, 9.17) is 4.74 Å². The highest BCUT2D eigenvalue weighted by atomic mass is 32.2. The third-order valence-corrected chi connectivity index (χ3v) is 5.65. The van der Waals surface area contributed by atoms with E-state index < -0.39 is 5.41 Å². The molecule has 0 saturated carbocycles. The van der Waals surface area contributed by atoms with Crippen LogP contribution in [-0.2, 0) is 16.6 Å². The van der Waals surface area contributed by atoms with Gasteiger partial charge in [-0.3, -0.25) is 4.79 Å². The van der Waals surface area contributed by atoms with Crippen LogP contribution >= 0.6 is 11.8 Å². The Kier molecular flexibility index (Phi) is 5.78. The van der Waals surface area contributed by atoms with Crippen LogP contribution in [0.2, 0.25) is 0 Å². The molecule has 1 aliphatic rings. The second kappa shape index (κ2) is 8.03. The van der Waals surface area contributed by atoms with Crippen molar-refractivity contribution in [3.8, 4) is 0 Å². The molecule has 134 valence electrons. The third-order valence-electron chi connectivity index (χ3n) is 4.56. The summed E-state index contributed by atoms with van der Waals surface area (Å²) in [5, 5.41) is 7.30. The zero-order valence-corrected chi connectivity index (χ0v) is 15.4. The van der Waals surface area contributed by atoms with Crippen molar-refractivity contribution in [1.29, 1.82) is 0 Å². The van der Waals surface area contributed by atoms with Crippen molar-refractivity contribution in [1.82, 2.24) is 14.9 Å². The summed E-state index contributed by atoms with van der Waals surface area (Å²) in [5.74, 6) is 0.0420. The number of piperidine rings is 1. The van der Waals surface area contributed by atoms with Crippen molar-refractivity contribution in [2.24, 2.45) is 12.5 Å². The Morgan fingerprint density at radius 3 is 2.68 bits per heavy atom. The summed E-state index contributed by atoms with van der Waals surface area (Å²) >= 11 is 1.59. The van der Waals surface area contributed by atoms with Crippen LogP contribution in [0.15, 0.2) is 46.7 Å². The van der Waals surface area contributed by atoms with Gasteiger partial charge >= 0.3 is 0 Å². The van der Waals surface area contributed by atoms with Gasteiger partial charge in [0, 0.05) is 37.1 Å². The molecular weight excluding hydrogens is 336 g/mol. The predicted molar refractivity (Wildman–Crippen MR) is 98.8 cm³/mol. The number of carbonyl (C=O) groups is 1. The van der Waals surface area contributed by atoms with Gasteiger partial charge in [0.1, 0.15) is 0 Å². The normalized spacial score (nSPS) is 16.6. The summed E-state index contributed by atoms with van der Waals surface area (Å²) in [7, 11) is 3.62. The number of ether oxygens (including phenoxy) is 1. The quantitative estimate of drug-likeness (QED) is 0.829. The van der Waals surface area contributed by atoms with Gasteiger partial charge in [0.05, 0.1) is 12.0 Å². The van der Waals surface area contributed by atoms with Gasteiger partial charge in [-0.25, -0.2) is 4.98 Å². The van der Waals surface area contributed by atoms with Crippen LogP contribution in [0.4, 0.5) is 5.69 Å². The number of carbonyl (C=O) groups excluding carboxylic acids is 1. The number of imidazole rings is 1. The molecule has 1 amide bonds. The zero-order valence-electron chi connectivity index (χ0n) is 14.6. The van der Waals surface area contributed by atoms with E-state index in [0.717, 1.165) is 41.7 Å². The van der Waals surface area contributed by atoms with Gasteiger partial charge in [-0.1, -0.05) is 11.8 Å². The number of aryl methyl sites for hydroxylation is 1. The molecule has 0 radical (unpaired) electrons. The van der Waals surface area contributed by atoms with E-state index in [1.165, 1.54) is 0 Å². The number of rotatable bonds is 6. The molecule has 1 aromatic heterocycles. The molecule has 0 bridgehead atoms. The minimum Gasteiger partial charge on any atom is -0.384 e. The minimum absolute atomic E-state index is 0.0420. The molecule has 2 heterocycles. The number of nitrogens with zero attached hydrogens (tertiary/aromatic N) is 2. The number of nitrogens with one attached hydrogen (secondary N) is 2. The Morgan fingerprint density at radius 1 is 1.36 bits per heavy atom. The highest BCUT2D eigenvalue weighted by Crippen LogP contribution is 2.32. The molecule has 0 spiro atoms. The van der Waals surface area contributed by atoms with Crippen LogP contribution in [0.1, 0.15) is 12.8 Å². The van der Waals surface area contributed by atoms with Crippen LogP contribution < -0.4 is 10.6 Å². The van der Waals surface area contributed by atoms with Crippen molar-refractivity contribution in [3.63, 3.8) is 0 Å². The van der Waals surface area contributed by atoms with Crippen LogP contribution in [0.3, 0.4) is 0 Å². The second-order valence-corrected chi connectivity index (χ2v) is 7.41. The molecule has 0 atom stereocenters. The first-order chi connectivity index (χ1) is 12.1. The summed E-state index contributed by atoms with van der Waals surface area (Å²) in [6.45, 7) is 2.14. The molecule has 2 aromatic rings. The van der Waals surface area contributed by atoms with E-state index in [1.54, 1.807) is 25.1 Å². The third kappa shape index (κ3) is 4.23. The zero-order chi connectivity index (χ0) is 17.7. The van der Waals surface area contributed by atoms with Crippen LogP contribution in [0, 0.1) is 5.41 Å². The lowest BCUT2D eigenvalue weighted by molar-refractivity contribution is -0.130. The molecule has 2 N–H and O–H groups in total. The van der Waals surface area contributed by atoms with Crippen molar-refractivity contribution in [2.45, 2.75) is 22.9 Å². The summed E-state index contributed by atoms with van der Waals surface area (Å²) in [4.78, 5) is 18.2. The number of aromatic nitrogens is 2. The number of hydrogen-bond acceptors (Lipinski definition) is 5. The van der Waals surface area contributed by atoms with Gasteiger partial charge in [0.15, 0.2) is 5.16 Å². The van der Waals surface area contributed by atoms with Crippen LogP contribution in [0.5, 0.6) is 0 Å². The molecule has 25 heavy (non-hydrogen) atoms. The van der Waals surface area contributed by atoms with E-state index >= 15 is 0 Å². The average Bonchev–Trinajstić information content (AvgIpc) is 3.02. The van der Waals surface area contributed by atoms with Crippen LogP contribution in [0.25, 0.3) is 0 Å². The first-order valence-corrected chi connectivity index (χ1v) is 9.21. The Balaban J connectivity index is 1.66. The maximum absolute atomic E-state index is 12.8. The highest BCUT2D eigenvalue weighted by Gasteiger charge is 2.39. The molecular formula is C18H24N4O2S. The van der Waals surface area contributed by atoms with Gasteiger partial charge in [-0.05, 0) is 50.2 Å². The molecule has 6 nitrogen and oxygen atoms in total. The number of hydrogen-bond donors (Lipinski definition) is 2. The number of amides is 1. The monoisotopic (exact) mass is 360 g/mol. The summed E-state index contributed by atoms with van der Waals surface area (Å²) in [6, 6.07) is 7.87. The minimum atomic E-state index is -0.444. The Morgan fingerprint density at radius 2 is 2.08 bits per heavy atom. The highest BCUT2D eigenvalue weighted by molar-refractivity contribution is 7.99. The van der Waals surface area contributed by atoms with Gasteiger partial charge in [-0.2, -0.15) is 0 Å². The number of methoxy groups -OCH3 is 1. The van der Waals surface area contributed by atoms with E-state index in [2.05, 4.69) is 15.6 Å². The van der Waals surface area contributed by atoms with Crippen LogP contribution in [-0.4, -0.2) is 42.3 Å². The van der Waals surface area contributed by atoms with E-state index in [-0.39, 0.29) is 5.91 Å². The van der Waals surface area contributed by atoms with E-state index in [0.29, 0.717) is 6.61 Å². The smallest absolute Gasteiger partial charge is 0.233 e. The largest absolute Gasteiger partial charge is 0.384 e. The molecule has 1 saturated heterocycles. The fraction of sp³-hybridized carbons (Fsp3) is 0.444. The average molecular weight is 360 g/mol. The van der Waals surface area contributed by atoms with E-state index in [1.807, 2.05) is 42.1 Å². The summed E-state index contributed by atoms with van der Waals surface area (Å²) in [6.07, 6.45) is 5.29. The SMILES string of the molecule is COCC1(C(=O)Nc2ccc(Sc3nccn3C)cc2)CCNCC1. The molecule has 7 heteroatoms. The van der Waals surface area contributed by atoms with Gasteiger partial charge in [0.25, 0.3) is 0 Å². The Labute approximate surface area is 152 Å². The molecule has 1 aliphatic heterocycles. The van der Waals surface area contributed by atoms with Crippen molar-refractivity contribution < 1.29 is 9.53 Å². The van der Waals surface area contributed by atoms with Crippen molar-refractivity contribution in [3.05, 3.63) is 36.7 Å².